The van der Waals surface area contributed by atoms with E-state index in [1.165, 1.54) is 23.5 Å². The summed E-state index contributed by atoms with van der Waals surface area (Å²) in [4.78, 5) is 12.7. The highest BCUT2D eigenvalue weighted by Gasteiger charge is 2.14. The van der Waals surface area contributed by atoms with E-state index in [4.69, 9.17) is 9.47 Å². The van der Waals surface area contributed by atoms with Crippen LogP contribution in [0.4, 0.5) is 9.52 Å². The number of aromatic nitrogens is 2. The zero-order valence-electron chi connectivity index (χ0n) is 20.0. The smallest absolute Gasteiger partial charge is 0.268 e. The standard InChI is InChI=1S/C28H23FN4O3S/c1-2-35-25-15-20(12-13-24(25)36-18-21-10-6-7-11-23(21)29)14-22(17-30)27(34)31-28-33-32-26(37-28)16-19-8-4-3-5-9-19/h3-15H,2,16,18H2,1H3,(H,31,33,34)/b22-14-. The Morgan fingerprint density at radius 1 is 1.05 bits per heavy atom. The van der Waals surface area contributed by atoms with Gasteiger partial charge in [0.15, 0.2) is 11.5 Å². The third-order valence-corrected chi connectivity index (χ3v) is 6.01. The van der Waals surface area contributed by atoms with Crippen LogP contribution in [0.5, 0.6) is 11.5 Å². The second-order valence-corrected chi connectivity index (χ2v) is 8.87. The summed E-state index contributed by atoms with van der Waals surface area (Å²) in [5.41, 5.74) is 1.96. The van der Waals surface area contributed by atoms with Crippen molar-refractivity contribution < 1.29 is 18.7 Å². The van der Waals surface area contributed by atoms with Gasteiger partial charge in [0.05, 0.1) is 6.61 Å². The highest BCUT2D eigenvalue weighted by molar-refractivity contribution is 7.15. The van der Waals surface area contributed by atoms with E-state index in [0.29, 0.717) is 40.8 Å². The summed E-state index contributed by atoms with van der Waals surface area (Å²) >= 11 is 1.25. The Bertz CT molecular complexity index is 1450. The van der Waals surface area contributed by atoms with Crippen molar-refractivity contribution in [3.8, 4) is 17.6 Å². The molecule has 0 aliphatic carbocycles. The van der Waals surface area contributed by atoms with E-state index >= 15 is 0 Å². The lowest BCUT2D eigenvalue weighted by atomic mass is 10.1. The van der Waals surface area contributed by atoms with Gasteiger partial charge in [0.2, 0.25) is 5.13 Å². The first-order chi connectivity index (χ1) is 18.1. The van der Waals surface area contributed by atoms with Gasteiger partial charge in [-0.2, -0.15) is 5.26 Å². The van der Waals surface area contributed by atoms with Crippen molar-refractivity contribution in [3.63, 3.8) is 0 Å². The fourth-order valence-electron chi connectivity index (χ4n) is 3.40. The quantitative estimate of drug-likeness (QED) is 0.212. The van der Waals surface area contributed by atoms with E-state index < -0.39 is 5.91 Å². The van der Waals surface area contributed by atoms with Crippen LogP contribution in [0, 0.1) is 17.1 Å². The molecule has 0 atom stereocenters. The predicted octanol–water partition coefficient (Wildman–Crippen LogP) is 5.79. The molecule has 4 aromatic rings. The molecule has 0 radical (unpaired) electrons. The lowest BCUT2D eigenvalue weighted by Gasteiger charge is -2.13. The second-order valence-electron chi connectivity index (χ2n) is 7.81. The minimum absolute atomic E-state index is 0.0297. The van der Waals surface area contributed by atoms with Gasteiger partial charge in [-0.3, -0.25) is 10.1 Å². The van der Waals surface area contributed by atoms with Crippen LogP contribution in [0.15, 0.2) is 78.4 Å². The van der Waals surface area contributed by atoms with Gasteiger partial charge in [0.25, 0.3) is 5.91 Å². The van der Waals surface area contributed by atoms with Crippen LogP contribution in [0.3, 0.4) is 0 Å². The third-order valence-electron chi connectivity index (χ3n) is 5.17. The highest BCUT2D eigenvalue weighted by atomic mass is 32.1. The molecule has 0 unspecified atom stereocenters. The van der Waals surface area contributed by atoms with E-state index in [1.54, 1.807) is 36.4 Å². The van der Waals surface area contributed by atoms with Gasteiger partial charge < -0.3 is 9.47 Å². The largest absolute Gasteiger partial charge is 0.490 e. The molecule has 0 fully saturated rings. The summed E-state index contributed by atoms with van der Waals surface area (Å²) < 4.78 is 25.4. The summed E-state index contributed by atoms with van der Waals surface area (Å²) in [5.74, 6) is -0.111. The lowest BCUT2D eigenvalue weighted by molar-refractivity contribution is -0.112. The van der Waals surface area contributed by atoms with Gasteiger partial charge in [0.1, 0.15) is 29.1 Å². The summed E-state index contributed by atoms with van der Waals surface area (Å²) in [6.07, 6.45) is 2.05. The molecule has 1 aromatic heterocycles. The van der Waals surface area contributed by atoms with Crippen molar-refractivity contribution in [2.45, 2.75) is 20.0 Å². The summed E-state index contributed by atoms with van der Waals surface area (Å²) in [7, 11) is 0. The minimum atomic E-state index is -0.595. The maximum absolute atomic E-state index is 13.9. The first-order valence-corrected chi connectivity index (χ1v) is 12.3. The zero-order valence-corrected chi connectivity index (χ0v) is 20.8. The number of hydrogen-bond donors (Lipinski definition) is 1. The molecule has 3 aromatic carbocycles. The molecule has 4 rings (SSSR count). The van der Waals surface area contributed by atoms with Crippen molar-refractivity contribution in [2.24, 2.45) is 0 Å². The average Bonchev–Trinajstić information content (AvgIpc) is 3.34. The van der Waals surface area contributed by atoms with Crippen molar-refractivity contribution in [2.75, 3.05) is 11.9 Å². The number of hydrogen-bond acceptors (Lipinski definition) is 7. The van der Waals surface area contributed by atoms with Crippen LogP contribution in [-0.4, -0.2) is 22.7 Å². The molecule has 1 heterocycles. The molecule has 0 aliphatic rings. The molecule has 0 bridgehead atoms. The fraction of sp³-hybridized carbons (Fsp3) is 0.143. The predicted molar refractivity (Wildman–Crippen MR) is 140 cm³/mol. The van der Waals surface area contributed by atoms with E-state index in [2.05, 4.69) is 15.5 Å². The Labute approximate surface area is 217 Å². The number of nitrogens with one attached hydrogen (secondary N) is 1. The Balaban J connectivity index is 1.45. The summed E-state index contributed by atoms with van der Waals surface area (Å²) in [6, 6.07) is 23.1. The summed E-state index contributed by atoms with van der Waals surface area (Å²) in [6.45, 7) is 2.23. The van der Waals surface area contributed by atoms with Crippen LogP contribution < -0.4 is 14.8 Å². The maximum Gasteiger partial charge on any atom is 0.268 e. The van der Waals surface area contributed by atoms with Crippen LogP contribution in [0.2, 0.25) is 0 Å². The SMILES string of the molecule is CCOc1cc(/C=C(/C#N)C(=O)Nc2nnc(Cc3ccccc3)s2)ccc1OCc1ccccc1F. The van der Waals surface area contributed by atoms with Crippen molar-refractivity contribution in [3.05, 3.63) is 106 Å². The Kier molecular flexibility index (Phi) is 8.57. The number of carbonyl (C=O) groups excluding carboxylic acids is 1. The van der Waals surface area contributed by atoms with Gasteiger partial charge in [-0.1, -0.05) is 65.9 Å². The molecule has 9 heteroatoms. The average molecular weight is 515 g/mol. The van der Waals surface area contributed by atoms with Gasteiger partial charge in [0, 0.05) is 12.0 Å². The van der Waals surface area contributed by atoms with Gasteiger partial charge in [-0.25, -0.2) is 4.39 Å². The fourth-order valence-corrected chi connectivity index (χ4v) is 4.17. The minimum Gasteiger partial charge on any atom is -0.490 e. The normalized spacial score (nSPS) is 11.0. The molecular weight excluding hydrogens is 491 g/mol. The Hall–Kier alpha value is -4.55. The first kappa shape index (κ1) is 25.5. The first-order valence-electron chi connectivity index (χ1n) is 11.5. The van der Waals surface area contributed by atoms with Crippen molar-refractivity contribution in [1.82, 2.24) is 10.2 Å². The van der Waals surface area contributed by atoms with E-state index in [1.807, 2.05) is 43.3 Å². The number of benzene rings is 3. The molecule has 0 saturated heterocycles. The number of nitriles is 1. The van der Waals surface area contributed by atoms with Crippen LogP contribution in [0.25, 0.3) is 6.08 Å². The third kappa shape index (κ3) is 6.99. The Morgan fingerprint density at radius 3 is 2.59 bits per heavy atom. The highest BCUT2D eigenvalue weighted by Crippen LogP contribution is 2.30. The number of nitrogens with zero attached hydrogens (tertiary/aromatic N) is 3. The Morgan fingerprint density at radius 2 is 1.84 bits per heavy atom. The molecule has 37 heavy (non-hydrogen) atoms. The maximum atomic E-state index is 13.9. The number of halogens is 1. The number of ether oxygens (including phenoxy) is 2. The number of amides is 1. The molecule has 0 spiro atoms. The van der Waals surface area contributed by atoms with Gasteiger partial charge in [-0.15, -0.1) is 10.2 Å². The van der Waals surface area contributed by atoms with E-state index in [-0.39, 0.29) is 18.0 Å². The number of carbonyl (C=O) groups is 1. The molecule has 0 saturated carbocycles. The lowest BCUT2D eigenvalue weighted by Crippen LogP contribution is -2.13. The van der Waals surface area contributed by atoms with Crippen LogP contribution in [-0.2, 0) is 17.8 Å². The van der Waals surface area contributed by atoms with Crippen molar-refractivity contribution in [1.29, 1.82) is 5.26 Å². The van der Waals surface area contributed by atoms with E-state index in [9.17, 15) is 14.4 Å². The molecule has 186 valence electrons. The molecule has 1 amide bonds. The molecular formula is C28H23FN4O3S. The van der Waals surface area contributed by atoms with E-state index in [0.717, 1.165) is 10.6 Å². The summed E-state index contributed by atoms with van der Waals surface area (Å²) in [5, 5.41) is 21.4. The number of rotatable bonds is 10. The van der Waals surface area contributed by atoms with Crippen LogP contribution >= 0.6 is 11.3 Å². The second kappa shape index (κ2) is 12.4. The van der Waals surface area contributed by atoms with Crippen molar-refractivity contribution >= 4 is 28.5 Å². The molecule has 7 nitrogen and oxygen atoms in total. The van der Waals surface area contributed by atoms with Crippen LogP contribution in [0.1, 0.15) is 28.6 Å². The zero-order chi connectivity index (χ0) is 26.0. The monoisotopic (exact) mass is 514 g/mol. The van der Waals surface area contributed by atoms with Gasteiger partial charge in [-0.05, 0) is 42.3 Å². The molecule has 1 N–H and O–H groups in total. The van der Waals surface area contributed by atoms with Gasteiger partial charge >= 0.3 is 0 Å². The topological polar surface area (TPSA) is 97.1 Å². The number of anilines is 1. The molecule has 0 aliphatic heterocycles.